The van der Waals surface area contributed by atoms with Crippen molar-refractivity contribution in [2.45, 2.75) is 18.7 Å². The topological polar surface area (TPSA) is 107 Å². The Hall–Kier alpha value is -3.01. The van der Waals surface area contributed by atoms with Gasteiger partial charge in [0, 0.05) is 12.1 Å². The van der Waals surface area contributed by atoms with E-state index >= 15 is 0 Å². The third-order valence-corrected chi connectivity index (χ3v) is 5.41. The quantitative estimate of drug-likeness (QED) is 0.405. The number of non-ortho nitro benzene ring substituents is 1. The van der Waals surface area contributed by atoms with Gasteiger partial charge in [0.05, 0.1) is 22.1 Å². The van der Waals surface area contributed by atoms with E-state index in [1.165, 1.54) is 19.1 Å². The van der Waals surface area contributed by atoms with Gasteiger partial charge in [-0.2, -0.15) is 0 Å². The number of carbonyl (C=O) groups excluding carboxylic acids is 1. The molecule has 0 atom stereocenters. The summed E-state index contributed by atoms with van der Waals surface area (Å²) in [6.07, 6.45) is 0. The molecule has 0 unspecified atom stereocenters. The Kier molecular flexibility index (Phi) is 6.11. The zero-order chi connectivity index (χ0) is 20.2. The number of benzene rings is 2. The van der Waals surface area contributed by atoms with Crippen LogP contribution in [0.1, 0.15) is 12.5 Å². The van der Waals surface area contributed by atoms with Crippen molar-refractivity contribution in [2.75, 3.05) is 17.5 Å². The van der Waals surface area contributed by atoms with E-state index in [2.05, 4.69) is 0 Å². The minimum atomic E-state index is -4.24. The summed E-state index contributed by atoms with van der Waals surface area (Å²) in [6.45, 7) is 2.49. The van der Waals surface area contributed by atoms with Crippen molar-refractivity contribution in [1.82, 2.24) is 0 Å². The molecule has 0 aliphatic heterocycles. The largest absolute Gasteiger partial charge is 0.465 e. The van der Waals surface area contributed by atoms with Crippen LogP contribution in [0.15, 0.2) is 47.4 Å². The summed E-state index contributed by atoms with van der Waals surface area (Å²) < 4.78 is 44.8. The number of nitro groups is 1. The number of rotatable bonds is 7. The van der Waals surface area contributed by atoms with Crippen molar-refractivity contribution in [2.24, 2.45) is 0 Å². The first-order chi connectivity index (χ1) is 12.7. The molecule has 0 spiro atoms. The van der Waals surface area contributed by atoms with Crippen molar-refractivity contribution in [3.8, 4) is 0 Å². The SMILES string of the molecule is CCOC(=O)CN(c1ccc([N+](=O)[O-])cc1C)S(=O)(=O)c1ccc(F)cc1. The van der Waals surface area contributed by atoms with Gasteiger partial charge in [0.2, 0.25) is 0 Å². The number of esters is 1. The first-order valence-electron chi connectivity index (χ1n) is 7.85. The Morgan fingerprint density at radius 3 is 2.37 bits per heavy atom. The molecule has 0 bridgehead atoms. The Labute approximate surface area is 155 Å². The maximum atomic E-state index is 13.1. The van der Waals surface area contributed by atoms with Crippen LogP contribution in [-0.4, -0.2) is 32.5 Å². The van der Waals surface area contributed by atoms with Crippen molar-refractivity contribution >= 4 is 27.4 Å². The molecular formula is C17H17FN2O6S. The van der Waals surface area contributed by atoms with Crippen LogP contribution in [-0.2, 0) is 19.6 Å². The highest BCUT2D eigenvalue weighted by molar-refractivity contribution is 7.92. The number of hydrogen-bond acceptors (Lipinski definition) is 6. The lowest BCUT2D eigenvalue weighted by atomic mass is 10.2. The highest BCUT2D eigenvalue weighted by Gasteiger charge is 2.29. The molecule has 27 heavy (non-hydrogen) atoms. The third kappa shape index (κ3) is 4.59. The first kappa shape index (κ1) is 20.3. The van der Waals surface area contributed by atoms with E-state index in [1.807, 2.05) is 0 Å². The standard InChI is InChI=1S/C17H17FN2O6S/c1-3-26-17(21)11-19(16-9-6-14(20(22)23)10-12(16)2)27(24,25)15-7-4-13(18)5-8-15/h4-10H,3,11H2,1-2H3. The molecule has 2 rings (SSSR count). The lowest BCUT2D eigenvalue weighted by molar-refractivity contribution is -0.384. The molecule has 2 aromatic carbocycles. The number of ether oxygens (including phenoxy) is 1. The van der Waals surface area contributed by atoms with E-state index < -0.39 is 33.3 Å². The molecule has 0 fully saturated rings. The van der Waals surface area contributed by atoms with Gasteiger partial charge in [-0.25, -0.2) is 12.8 Å². The summed E-state index contributed by atoms with van der Waals surface area (Å²) in [6, 6.07) is 7.70. The van der Waals surface area contributed by atoms with E-state index in [1.54, 1.807) is 6.92 Å². The van der Waals surface area contributed by atoms with Crippen LogP contribution in [0, 0.1) is 22.9 Å². The van der Waals surface area contributed by atoms with Gasteiger partial charge in [-0.05, 0) is 49.7 Å². The van der Waals surface area contributed by atoms with Crippen molar-refractivity contribution in [3.63, 3.8) is 0 Å². The van der Waals surface area contributed by atoms with E-state index in [-0.39, 0.29) is 28.4 Å². The van der Waals surface area contributed by atoms with E-state index in [4.69, 9.17) is 4.74 Å². The van der Waals surface area contributed by atoms with Gasteiger partial charge in [-0.3, -0.25) is 19.2 Å². The molecule has 0 heterocycles. The maximum absolute atomic E-state index is 13.1. The van der Waals surface area contributed by atoms with Gasteiger partial charge in [0.1, 0.15) is 12.4 Å². The Morgan fingerprint density at radius 1 is 1.22 bits per heavy atom. The molecular weight excluding hydrogens is 379 g/mol. The number of nitrogens with zero attached hydrogens (tertiary/aromatic N) is 2. The van der Waals surface area contributed by atoms with Crippen molar-refractivity contribution in [3.05, 3.63) is 64.0 Å². The molecule has 0 saturated heterocycles. The van der Waals surface area contributed by atoms with Gasteiger partial charge in [0.15, 0.2) is 0 Å². The van der Waals surface area contributed by atoms with Crippen LogP contribution in [0.4, 0.5) is 15.8 Å². The Morgan fingerprint density at radius 2 is 1.85 bits per heavy atom. The number of nitro benzene ring substituents is 1. The molecule has 0 radical (unpaired) electrons. The minimum Gasteiger partial charge on any atom is -0.465 e. The molecule has 144 valence electrons. The predicted molar refractivity (Wildman–Crippen MR) is 95.4 cm³/mol. The summed E-state index contributed by atoms with van der Waals surface area (Å²) in [5.41, 5.74) is 0.142. The summed E-state index contributed by atoms with van der Waals surface area (Å²) in [5, 5.41) is 10.9. The Balaban J connectivity index is 2.56. The number of sulfonamides is 1. The number of carbonyl (C=O) groups is 1. The number of hydrogen-bond donors (Lipinski definition) is 0. The van der Waals surface area contributed by atoms with Gasteiger partial charge in [-0.1, -0.05) is 0 Å². The third-order valence-electron chi connectivity index (χ3n) is 3.64. The number of halogens is 1. The van der Waals surface area contributed by atoms with Crippen LogP contribution in [0.25, 0.3) is 0 Å². The first-order valence-corrected chi connectivity index (χ1v) is 9.29. The molecule has 8 nitrogen and oxygen atoms in total. The fraction of sp³-hybridized carbons (Fsp3) is 0.235. The predicted octanol–water partition coefficient (Wildman–Crippen LogP) is 2.80. The molecule has 0 aliphatic rings. The zero-order valence-corrected chi connectivity index (χ0v) is 15.4. The van der Waals surface area contributed by atoms with E-state index in [9.17, 15) is 27.7 Å². The second-order valence-electron chi connectivity index (χ2n) is 5.50. The van der Waals surface area contributed by atoms with Gasteiger partial charge in [-0.15, -0.1) is 0 Å². The van der Waals surface area contributed by atoms with Gasteiger partial charge >= 0.3 is 5.97 Å². The molecule has 0 amide bonds. The normalized spacial score (nSPS) is 11.1. The second-order valence-corrected chi connectivity index (χ2v) is 7.36. The fourth-order valence-electron chi connectivity index (χ4n) is 2.39. The van der Waals surface area contributed by atoms with Gasteiger partial charge < -0.3 is 4.74 Å². The van der Waals surface area contributed by atoms with Crippen LogP contribution in [0.3, 0.4) is 0 Å². The van der Waals surface area contributed by atoms with Crippen LogP contribution < -0.4 is 4.31 Å². The van der Waals surface area contributed by atoms with E-state index in [0.29, 0.717) is 0 Å². The monoisotopic (exact) mass is 396 g/mol. The zero-order valence-electron chi connectivity index (χ0n) is 14.6. The average molecular weight is 396 g/mol. The fourth-order valence-corrected chi connectivity index (χ4v) is 3.86. The summed E-state index contributed by atoms with van der Waals surface area (Å²) in [5.74, 6) is -1.40. The van der Waals surface area contributed by atoms with Crippen LogP contribution >= 0.6 is 0 Å². The van der Waals surface area contributed by atoms with Crippen molar-refractivity contribution in [1.29, 1.82) is 0 Å². The highest BCUT2D eigenvalue weighted by atomic mass is 32.2. The Bertz CT molecular complexity index is 960. The van der Waals surface area contributed by atoms with Gasteiger partial charge in [0.25, 0.3) is 15.7 Å². The summed E-state index contributed by atoms with van der Waals surface area (Å²) in [7, 11) is -4.24. The van der Waals surface area contributed by atoms with Crippen LogP contribution in [0.5, 0.6) is 0 Å². The smallest absolute Gasteiger partial charge is 0.326 e. The number of aryl methyl sites for hydroxylation is 1. The molecule has 2 aromatic rings. The molecule has 0 aliphatic carbocycles. The average Bonchev–Trinajstić information content (AvgIpc) is 2.60. The maximum Gasteiger partial charge on any atom is 0.326 e. The summed E-state index contributed by atoms with van der Waals surface area (Å²) >= 11 is 0. The molecule has 0 saturated carbocycles. The lowest BCUT2D eigenvalue weighted by Gasteiger charge is -2.25. The molecule has 10 heteroatoms. The number of anilines is 1. The van der Waals surface area contributed by atoms with Crippen LogP contribution in [0.2, 0.25) is 0 Å². The summed E-state index contributed by atoms with van der Waals surface area (Å²) in [4.78, 5) is 22.0. The van der Waals surface area contributed by atoms with Crippen molar-refractivity contribution < 1.29 is 27.3 Å². The van der Waals surface area contributed by atoms with E-state index in [0.717, 1.165) is 34.6 Å². The lowest BCUT2D eigenvalue weighted by Crippen LogP contribution is -2.37. The molecule has 0 N–H and O–H groups in total. The highest BCUT2D eigenvalue weighted by Crippen LogP contribution is 2.29. The second kappa shape index (κ2) is 8.12. The minimum absolute atomic E-state index is 0.0580. The molecule has 0 aromatic heterocycles.